The number of aryl methyl sites for hydroxylation is 2. The van der Waals surface area contributed by atoms with Gasteiger partial charge in [-0.1, -0.05) is 19.3 Å². The summed E-state index contributed by atoms with van der Waals surface area (Å²) >= 11 is 1.40. The largest absolute Gasteiger partial charge is 0.467 e. The maximum Gasteiger partial charge on any atom is 0.331 e. The molecule has 2 fully saturated rings. The third-order valence-corrected chi connectivity index (χ3v) is 6.96. The number of nitrogens with one attached hydrogen (secondary N) is 1. The summed E-state index contributed by atoms with van der Waals surface area (Å²) in [5, 5.41) is 3.98. The predicted octanol–water partition coefficient (Wildman–Crippen LogP) is 3.79. The third kappa shape index (κ3) is 3.22. The van der Waals surface area contributed by atoms with Crippen LogP contribution in [0.3, 0.4) is 0 Å². The van der Waals surface area contributed by atoms with Crippen LogP contribution in [0.1, 0.15) is 77.6 Å². The Morgan fingerprint density at radius 2 is 1.85 bits per heavy atom. The first-order valence-electron chi connectivity index (χ1n) is 9.64. The van der Waals surface area contributed by atoms with E-state index in [4.69, 9.17) is 9.72 Å². The second-order valence-electron chi connectivity index (χ2n) is 7.77. The van der Waals surface area contributed by atoms with E-state index in [-0.39, 0.29) is 11.9 Å². The number of aromatic nitrogens is 2. The molecule has 0 unspecified atom stereocenters. The van der Waals surface area contributed by atoms with Gasteiger partial charge in [0.15, 0.2) is 0 Å². The molecule has 27 heavy (non-hydrogen) atoms. The van der Waals surface area contributed by atoms with Gasteiger partial charge in [0.2, 0.25) is 0 Å². The summed E-state index contributed by atoms with van der Waals surface area (Å²) in [5.41, 5.74) is 0.908. The van der Waals surface area contributed by atoms with E-state index in [1.807, 2.05) is 13.8 Å². The highest BCUT2D eigenvalue weighted by Gasteiger charge is 2.42. The first-order chi connectivity index (χ1) is 12.9. The summed E-state index contributed by atoms with van der Waals surface area (Å²) in [6, 6.07) is 0. The van der Waals surface area contributed by atoms with Crippen molar-refractivity contribution in [2.45, 2.75) is 70.3 Å². The molecule has 4 rings (SSSR count). The number of methoxy groups -OCH3 is 1. The van der Waals surface area contributed by atoms with E-state index in [0.29, 0.717) is 23.6 Å². The van der Waals surface area contributed by atoms with E-state index in [0.717, 1.165) is 59.4 Å². The molecule has 0 atom stereocenters. The number of thiophene rings is 1. The highest BCUT2D eigenvalue weighted by Crippen LogP contribution is 2.40. The molecule has 2 aromatic rings. The van der Waals surface area contributed by atoms with Gasteiger partial charge in [-0.15, -0.1) is 11.3 Å². The van der Waals surface area contributed by atoms with Crippen molar-refractivity contribution in [1.82, 2.24) is 15.3 Å². The highest BCUT2D eigenvalue weighted by atomic mass is 32.1. The van der Waals surface area contributed by atoms with Gasteiger partial charge < -0.3 is 10.1 Å². The van der Waals surface area contributed by atoms with Gasteiger partial charge in [0.05, 0.1) is 17.7 Å². The van der Waals surface area contributed by atoms with Gasteiger partial charge in [0.25, 0.3) is 5.91 Å². The lowest BCUT2D eigenvalue weighted by Crippen LogP contribution is -2.56. The van der Waals surface area contributed by atoms with E-state index in [2.05, 4.69) is 10.3 Å². The van der Waals surface area contributed by atoms with Crippen molar-refractivity contribution in [3.8, 4) is 0 Å². The summed E-state index contributed by atoms with van der Waals surface area (Å²) in [6.07, 6.45) is 6.44. The van der Waals surface area contributed by atoms with Gasteiger partial charge in [-0.05, 0) is 45.1 Å². The summed E-state index contributed by atoms with van der Waals surface area (Å²) < 4.78 is 5.01. The minimum atomic E-state index is -0.910. The number of hydrogen-bond acceptors (Lipinski definition) is 6. The fourth-order valence-corrected chi connectivity index (χ4v) is 5.24. The predicted molar refractivity (Wildman–Crippen MR) is 104 cm³/mol. The van der Waals surface area contributed by atoms with Crippen LogP contribution < -0.4 is 5.32 Å². The Hall–Kier alpha value is -2.02. The maximum absolute atomic E-state index is 13.1. The first kappa shape index (κ1) is 18.3. The fraction of sp³-hybridized carbons (Fsp3) is 0.600. The lowest BCUT2D eigenvalue weighted by Gasteiger charge is -2.35. The molecule has 2 heterocycles. The Labute approximate surface area is 162 Å². The molecule has 0 spiro atoms. The molecule has 2 saturated carbocycles. The first-order valence-corrected chi connectivity index (χ1v) is 10.5. The van der Waals surface area contributed by atoms with Crippen LogP contribution in [0.4, 0.5) is 0 Å². The zero-order chi connectivity index (χ0) is 19.2. The topological polar surface area (TPSA) is 81.2 Å². The summed E-state index contributed by atoms with van der Waals surface area (Å²) in [7, 11) is 1.38. The zero-order valence-electron chi connectivity index (χ0n) is 16.1. The maximum atomic E-state index is 13.1. The summed E-state index contributed by atoms with van der Waals surface area (Å²) in [5.74, 6) is 0.806. The molecule has 2 aliphatic rings. The molecule has 2 aliphatic carbocycles. The van der Waals surface area contributed by atoms with Gasteiger partial charge in [0, 0.05) is 11.3 Å². The van der Waals surface area contributed by atoms with E-state index < -0.39 is 5.54 Å². The number of carbonyl (C=O) groups excluding carboxylic acids is 2. The molecule has 0 saturated heterocycles. The number of rotatable bonds is 4. The number of hydrogen-bond donors (Lipinski definition) is 1. The average molecular weight is 388 g/mol. The molecule has 144 valence electrons. The number of nitrogens with zero attached hydrogens (tertiary/aromatic N) is 2. The molecule has 0 aliphatic heterocycles. The van der Waals surface area contributed by atoms with Gasteiger partial charge in [-0.25, -0.2) is 14.8 Å². The molecular formula is C20H25N3O3S. The molecule has 0 radical (unpaired) electrons. The van der Waals surface area contributed by atoms with Crippen LogP contribution in [0, 0.1) is 13.8 Å². The molecule has 0 bridgehead atoms. The lowest BCUT2D eigenvalue weighted by molar-refractivity contribution is -0.149. The van der Waals surface area contributed by atoms with Gasteiger partial charge in [-0.3, -0.25) is 4.79 Å². The third-order valence-electron chi connectivity index (χ3n) is 5.77. The standard InChI is InChI=1S/C20H25N3O3S/c1-11-14-12(2)21-16(13-7-8-13)22-18(14)27-15(11)17(24)23-20(19(25)26-3)9-5-4-6-10-20/h13H,4-10H2,1-3H3,(H,23,24). The Morgan fingerprint density at radius 3 is 2.48 bits per heavy atom. The number of amides is 1. The van der Waals surface area contributed by atoms with Crippen molar-refractivity contribution in [2.75, 3.05) is 7.11 Å². The Bertz CT molecular complexity index is 911. The van der Waals surface area contributed by atoms with Crippen LogP contribution in [-0.2, 0) is 9.53 Å². The van der Waals surface area contributed by atoms with E-state index >= 15 is 0 Å². The van der Waals surface area contributed by atoms with Crippen LogP contribution in [-0.4, -0.2) is 34.5 Å². The molecule has 0 aromatic carbocycles. The number of ether oxygens (including phenoxy) is 1. The quantitative estimate of drug-likeness (QED) is 0.807. The van der Waals surface area contributed by atoms with Crippen LogP contribution >= 0.6 is 11.3 Å². The Kier molecular flexibility index (Phi) is 4.66. The molecule has 2 aromatic heterocycles. The van der Waals surface area contributed by atoms with Crippen LogP contribution in [0.2, 0.25) is 0 Å². The average Bonchev–Trinajstić information content (AvgIpc) is 3.45. The second kappa shape index (κ2) is 6.86. The van der Waals surface area contributed by atoms with Crippen molar-refractivity contribution < 1.29 is 14.3 Å². The van der Waals surface area contributed by atoms with Gasteiger partial charge in [0.1, 0.15) is 16.2 Å². The summed E-state index contributed by atoms with van der Waals surface area (Å²) in [4.78, 5) is 36.4. The van der Waals surface area contributed by atoms with Crippen LogP contribution in [0.5, 0.6) is 0 Å². The fourth-order valence-electron chi connectivity index (χ4n) is 4.11. The minimum absolute atomic E-state index is 0.213. The van der Waals surface area contributed by atoms with Crippen LogP contribution in [0.25, 0.3) is 10.2 Å². The van der Waals surface area contributed by atoms with Crippen molar-refractivity contribution in [3.05, 3.63) is 22.0 Å². The molecule has 1 amide bonds. The normalized spacial score (nSPS) is 19.1. The second-order valence-corrected chi connectivity index (χ2v) is 8.77. The molecule has 1 N–H and O–H groups in total. The monoisotopic (exact) mass is 387 g/mol. The molecule has 7 heteroatoms. The minimum Gasteiger partial charge on any atom is -0.467 e. The van der Waals surface area contributed by atoms with E-state index in [9.17, 15) is 9.59 Å². The van der Waals surface area contributed by atoms with Gasteiger partial charge >= 0.3 is 5.97 Å². The van der Waals surface area contributed by atoms with E-state index in [1.165, 1.54) is 18.4 Å². The number of carbonyl (C=O) groups is 2. The van der Waals surface area contributed by atoms with Gasteiger partial charge in [-0.2, -0.15) is 0 Å². The highest BCUT2D eigenvalue weighted by molar-refractivity contribution is 7.20. The van der Waals surface area contributed by atoms with Crippen molar-refractivity contribution in [3.63, 3.8) is 0 Å². The number of fused-ring (bicyclic) bond motifs is 1. The Morgan fingerprint density at radius 1 is 1.15 bits per heavy atom. The van der Waals surface area contributed by atoms with Crippen molar-refractivity contribution in [1.29, 1.82) is 0 Å². The SMILES string of the molecule is COC(=O)C1(NC(=O)c2sc3nc(C4CC4)nc(C)c3c2C)CCCCC1. The van der Waals surface area contributed by atoms with Crippen molar-refractivity contribution >= 4 is 33.4 Å². The van der Waals surface area contributed by atoms with Crippen molar-refractivity contribution in [2.24, 2.45) is 0 Å². The molecule has 6 nitrogen and oxygen atoms in total. The number of esters is 1. The lowest BCUT2D eigenvalue weighted by atomic mass is 9.81. The zero-order valence-corrected chi connectivity index (χ0v) is 16.9. The Balaban J connectivity index is 1.68. The summed E-state index contributed by atoms with van der Waals surface area (Å²) in [6.45, 7) is 3.92. The van der Waals surface area contributed by atoms with E-state index in [1.54, 1.807) is 0 Å². The van der Waals surface area contributed by atoms with Crippen LogP contribution in [0.15, 0.2) is 0 Å². The smallest absolute Gasteiger partial charge is 0.331 e. The molecular weight excluding hydrogens is 362 g/mol.